The maximum absolute atomic E-state index is 12.3. The first-order valence-electron chi connectivity index (χ1n) is 10.5. The normalized spacial score (nSPS) is 11.4. The van der Waals surface area contributed by atoms with Gasteiger partial charge in [-0.3, -0.25) is 0 Å². The molecule has 0 fully saturated rings. The molecular formula is C26H19BF6O2P. The second kappa shape index (κ2) is 12.1. The van der Waals surface area contributed by atoms with Crippen molar-refractivity contribution in [1.29, 1.82) is 0 Å². The largest absolute Gasteiger partial charge is 0.569 e. The minimum Gasteiger partial charge on any atom is -0.537 e. The van der Waals surface area contributed by atoms with Crippen LogP contribution in [0.2, 0.25) is 0 Å². The molecule has 1 radical (unpaired) electrons. The van der Waals surface area contributed by atoms with Gasteiger partial charge in [0, 0.05) is 0 Å². The second-order valence-corrected chi connectivity index (χ2v) is 9.53. The van der Waals surface area contributed by atoms with Crippen LogP contribution in [-0.2, 0) is 12.4 Å². The third-order valence-electron chi connectivity index (χ3n) is 4.79. The van der Waals surface area contributed by atoms with E-state index in [1.54, 1.807) is 0 Å². The lowest BCUT2D eigenvalue weighted by atomic mass is 10.1. The van der Waals surface area contributed by atoms with E-state index in [2.05, 4.69) is 95.6 Å². The van der Waals surface area contributed by atoms with Crippen molar-refractivity contribution in [3.05, 3.63) is 120 Å². The van der Waals surface area contributed by atoms with Crippen LogP contribution in [-0.4, -0.2) is 12.7 Å². The lowest BCUT2D eigenvalue weighted by Gasteiger charge is -2.18. The van der Waals surface area contributed by atoms with Crippen molar-refractivity contribution in [2.45, 2.75) is 12.4 Å². The molecule has 0 aromatic heterocycles. The molecule has 0 atom stereocenters. The Kier molecular flexibility index (Phi) is 9.18. The molecule has 0 saturated heterocycles. The molecule has 2 nitrogen and oxygen atoms in total. The summed E-state index contributed by atoms with van der Waals surface area (Å²) in [6.07, 6.45) is -9.87. The molecule has 4 aromatic carbocycles. The SMILES string of the molecule is O[B]Oc1cc(C(F)(F)F)cc(C(F)(F)F)c1.c1ccc(P(c2ccccc2)c2ccccc2)cc1. The minimum atomic E-state index is -4.94. The van der Waals surface area contributed by atoms with Crippen molar-refractivity contribution in [3.63, 3.8) is 0 Å². The van der Waals surface area contributed by atoms with E-state index in [1.807, 2.05) is 0 Å². The van der Waals surface area contributed by atoms with Crippen LogP contribution >= 0.6 is 7.92 Å². The first kappa shape index (κ1) is 27.3. The highest BCUT2D eigenvalue weighted by molar-refractivity contribution is 7.79. The third kappa shape index (κ3) is 7.61. The molecule has 0 aliphatic rings. The molecule has 0 bridgehead atoms. The molecule has 1 N–H and O–H groups in total. The van der Waals surface area contributed by atoms with Crippen molar-refractivity contribution >= 4 is 31.5 Å². The van der Waals surface area contributed by atoms with Crippen LogP contribution in [0.4, 0.5) is 26.3 Å². The Hall–Kier alpha value is -3.29. The lowest BCUT2D eigenvalue weighted by Crippen LogP contribution is -2.20. The van der Waals surface area contributed by atoms with Crippen molar-refractivity contribution in [1.82, 2.24) is 0 Å². The van der Waals surface area contributed by atoms with Crippen LogP contribution in [0.15, 0.2) is 109 Å². The molecule has 4 rings (SSSR count). The van der Waals surface area contributed by atoms with Gasteiger partial charge in [-0.1, -0.05) is 91.0 Å². The molecule has 0 heterocycles. The van der Waals surface area contributed by atoms with Gasteiger partial charge in [-0.25, -0.2) is 0 Å². The van der Waals surface area contributed by atoms with Gasteiger partial charge in [0.15, 0.2) is 0 Å². The highest BCUT2D eigenvalue weighted by Crippen LogP contribution is 2.38. The summed E-state index contributed by atoms with van der Waals surface area (Å²) in [7, 11) is -0.450. The third-order valence-corrected chi connectivity index (χ3v) is 7.24. The first-order chi connectivity index (χ1) is 17.1. The predicted octanol–water partition coefficient (Wildman–Crippen LogP) is 6.07. The Balaban J connectivity index is 0.000000202. The van der Waals surface area contributed by atoms with Crippen LogP contribution in [0.1, 0.15) is 11.1 Å². The van der Waals surface area contributed by atoms with Crippen LogP contribution < -0.4 is 20.6 Å². The van der Waals surface area contributed by atoms with Gasteiger partial charge in [0.1, 0.15) is 5.75 Å². The van der Waals surface area contributed by atoms with Crippen LogP contribution in [0, 0.1) is 0 Å². The summed E-state index contributed by atoms with van der Waals surface area (Å²) in [6, 6.07) is 33.0. The zero-order valence-corrected chi connectivity index (χ0v) is 19.4. The summed E-state index contributed by atoms with van der Waals surface area (Å²) in [5.74, 6) is -0.755. The topological polar surface area (TPSA) is 29.5 Å². The van der Waals surface area contributed by atoms with Gasteiger partial charge in [-0.15, -0.1) is 0 Å². The smallest absolute Gasteiger partial charge is 0.537 e. The van der Waals surface area contributed by atoms with Crippen molar-refractivity contribution in [2.24, 2.45) is 0 Å². The molecule has 4 aromatic rings. The van der Waals surface area contributed by atoms with Gasteiger partial charge in [-0.2, -0.15) is 26.3 Å². The number of benzene rings is 4. The number of hydrogen-bond donors (Lipinski definition) is 1. The van der Waals surface area contributed by atoms with Crippen molar-refractivity contribution in [2.75, 3.05) is 0 Å². The summed E-state index contributed by atoms with van der Waals surface area (Å²) in [5.41, 5.74) is -3.02. The monoisotopic (exact) mass is 519 g/mol. The Bertz CT molecular complexity index is 1090. The van der Waals surface area contributed by atoms with Gasteiger partial charge in [0.2, 0.25) is 0 Å². The molecule has 0 aliphatic carbocycles. The molecule has 10 heteroatoms. The molecule has 36 heavy (non-hydrogen) atoms. The maximum atomic E-state index is 12.3. The predicted molar refractivity (Wildman–Crippen MR) is 130 cm³/mol. The Labute approximate surface area is 206 Å². The van der Waals surface area contributed by atoms with Crippen LogP contribution in [0.5, 0.6) is 5.75 Å². The van der Waals surface area contributed by atoms with E-state index in [9.17, 15) is 26.3 Å². The number of alkyl halides is 6. The molecule has 0 amide bonds. The van der Waals surface area contributed by atoms with Crippen LogP contribution in [0.3, 0.4) is 0 Å². The zero-order chi connectivity index (χ0) is 26.2. The average Bonchev–Trinajstić information content (AvgIpc) is 2.86. The summed E-state index contributed by atoms with van der Waals surface area (Å²) in [4.78, 5) is 0. The minimum absolute atomic E-state index is 0.00432. The summed E-state index contributed by atoms with van der Waals surface area (Å²) >= 11 is 0. The van der Waals surface area contributed by atoms with E-state index < -0.39 is 37.2 Å². The van der Waals surface area contributed by atoms with Crippen molar-refractivity contribution < 1.29 is 36.0 Å². The van der Waals surface area contributed by atoms with Gasteiger partial charge >= 0.3 is 20.0 Å². The fourth-order valence-corrected chi connectivity index (χ4v) is 5.54. The van der Waals surface area contributed by atoms with E-state index in [-0.39, 0.29) is 13.8 Å². The van der Waals surface area contributed by atoms with E-state index in [4.69, 9.17) is 5.02 Å². The van der Waals surface area contributed by atoms with Gasteiger partial charge in [0.05, 0.1) is 11.1 Å². The molecule has 0 aliphatic heterocycles. The molecule has 0 saturated carbocycles. The van der Waals surface area contributed by atoms with Crippen LogP contribution in [0.25, 0.3) is 0 Å². The quantitative estimate of drug-likeness (QED) is 0.197. The number of hydrogen-bond acceptors (Lipinski definition) is 2. The summed E-state index contributed by atoms with van der Waals surface area (Å²) < 4.78 is 77.8. The molecular weight excluding hydrogens is 500 g/mol. The first-order valence-corrected chi connectivity index (χ1v) is 11.8. The highest BCUT2D eigenvalue weighted by atomic mass is 31.1. The Morgan fingerprint density at radius 2 is 0.889 bits per heavy atom. The zero-order valence-electron chi connectivity index (χ0n) is 18.5. The number of rotatable bonds is 5. The number of halogens is 6. The average molecular weight is 519 g/mol. The van der Waals surface area contributed by atoms with Crippen molar-refractivity contribution in [3.8, 4) is 5.75 Å². The fraction of sp³-hybridized carbons (Fsp3) is 0.0769. The summed E-state index contributed by atoms with van der Waals surface area (Å²) in [6.45, 7) is 0. The highest BCUT2D eigenvalue weighted by Gasteiger charge is 2.37. The van der Waals surface area contributed by atoms with E-state index in [0.29, 0.717) is 12.1 Å². The van der Waals surface area contributed by atoms with E-state index in [0.717, 1.165) is 0 Å². The fourth-order valence-electron chi connectivity index (χ4n) is 3.23. The molecule has 185 valence electrons. The van der Waals surface area contributed by atoms with E-state index >= 15 is 0 Å². The molecule has 0 unspecified atom stereocenters. The van der Waals surface area contributed by atoms with Gasteiger partial charge in [-0.05, 0) is 42.0 Å². The summed E-state index contributed by atoms with van der Waals surface area (Å²) in [5, 5.41) is 12.4. The van der Waals surface area contributed by atoms with Gasteiger partial charge < -0.3 is 9.68 Å². The van der Waals surface area contributed by atoms with E-state index in [1.165, 1.54) is 15.9 Å². The Morgan fingerprint density at radius 3 is 1.17 bits per heavy atom. The molecule has 0 spiro atoms. The Morgan fingerprint density at radius 1 is 0.556 bits per heavy atom. The lowest BCUT2D eigenvalue weighted by molar-refractivity contribution is -0.143. The maximum Gasteiger partial charge on any atom is 0.569 e. The second-order valence-electron chi connectivity index (χ2n) is 7.31. The standard InChI is InChI=1S/C18H15P.C8H4BF6O2/c1-4-10-16(11-5-1)19(17-12-6-2-7-13-17)18-14-8-3-9-15-18;10-7(11,12)4-1-5(8(13,14)15)3-6(2-4)17-9-16/h1-15H;1-3,16H. The van der Waals surface area contributed by atoms with Gasteiger partial charge in [0.25, 0.3) is 0 Å².